The van der Waals surface area contributed by atoms with Crippen molar-refractivity contribution in [3.8, 4) is 0 Å². The van der Waals surface area contributed by atoms with Crippen molar-refractivity contribution in [1.29, 1.82) is 0 Å². The van der Waals surface area contributed by atoms with Gasteiger partial charge in [-0.15, -0.1) is 0 Å². The lowest BCUT2D eigenvalue weighted by Gasteiger charge is -2.26. The van der Waals surface area contributed by atoms with E-state index in [0.717, 1.165) is 18.7 Å². The van der Waals surface area contributed by atoms with Gasteiger partial charge in [-0.1, -0.05) is 18.2 Å². The number of hydrogen-bond donors (Lipinski definition) is 2. The Kier molecular flexibility index (Phi) is 2.39. The second kappa shape index (κ2) is 3.70. The summed E-state index contributed by atoms with van der Waals surface area (Å²) < 4.78 is 0. The molecule has 1 aromatic rings. The lowest BCUT2D eigenvalue weighted by molar-refractivity contribution is -0.119. The van der Waals surface area contributed by atoms with Crippen LogP contribution in [0.2, 0.25) is 0 Å². The van der Waals surface area contributed by atoms with E-state index in [9.17, 15) is 4.79 Å². The largest absolute Gasteiger partial charge is 0.385 e. The number of carbonyl (C=O) groups is 1. The Hall–Kier alpha value is -1.51. The average molecular weight is 190 g/mol. The van der Waals surface area contributed by atoms with E-state index in [-0.39, 0.29) is 11.9 Å². The van der Waals surface area contributed by atoms with Gasteiger partial charge in [0.05, 0.1) is 6.04 Å². The minimum atomic E-state index is 0.0340. The van der Waals surface area contributed by atoms with Crippen LogP contribution >= 0.6 is 0 Å². The zero-order valence-corrected chi connectivity index (χ0v) is 8.21. The molecule has 1 unspecified atom stereocenters. The molecule has 0 saturated carbocycles. The highest BCUT2D eigenvalue weighted by Gasteiger charge is 2.19. The molecular formula is C11H14N2O. The summed E-state index contributed by atoms with van der Waals surface area (Å²) in [5.41, 5.74) is 2.33. The quantitative estimate of drug-likeness (QED) is 0.707. The molecule has 1 aliphatic heterocycles. The number of anilines is 1. The van der Waals surface area contributed by atoms with Crippen LogP contribution in [-0.2, 0) is 4.79 Å². The van der Waals surface area contributed by atoms with Gasteiger partial charge in [0, 0.05) is 19.2 Å². The maximum Gasteiger partial charge on any atom is 0.217 e. The number of para-hydroxylation sites is 1. The summed E-state index contributed by atoms with van der Waals surface area (Å²) in [4.78, 5) is 11.0. The fraction of sp³-hybridized carbons (Fsp3) is 0.364. The molecule has 0 fully saturated rings. The summed E-state index contributed by atoms with van der Waals surface area (Å²) in [6.07, 6.45) is 0.955. The summed E-state index contributed by atoms with van der Waals surface area (Å²) in [5, 5.41) is 6.27. The second-order valence-electron chi connectivity index (χ2n) is 3.56. The first kappa shape index (κ1) is 9.06. The number of rotatable bonds is 1. The maximum absolute atomic E-state index is 11.0. The van der Waals surface area contributed by atoms with Gasteiger partial charge in [0.2, 0.25) is 5.91 Å². The van der Waals surface area contributed by atoms with Crippen LogP contribution in [-0.4, -0.2) is 12.5 Å². The van der Waals surface area contributed by atoms with Gasteiger partial charge in [0.25, 0.3) is 0 Å². The van der Waals surface area contributed by atoms with E-state index in [1.165, 1.54) is 5.56 Å². The summed E-state index contributed by atoms with van der Waals surface area (Å²) in [5.74, 6) is 0.0340. The first-order chi connectivity index (χ1) is 6.77. The molecule has 1 amide bonds. The van der Waals surface area contributed by atoms with Gasteiger partial charge in [0.15, 0.2) is 0 Å². The second-order valence-corrected chi connectivity index (χ2v) is 3.56. The van der Waals surface area contributed by atoms with Crippen molar-refractivity contribution in [3.05, 3.63) is 29.8 Å². The molecule has 1 aliphatic rings. The number of nitrogens with one attached hydrogen (secondary N) is 2. The lowest BCUT2D eigenvalue weighted by Crippen LogP contribution is -2.31. The zero-order chi connectivity index (χ0) is 9.97. The minimum Gasteiger partial charge on any atom is -0.385 e. The SMILES string of the molecule is CC(=O)NC1CCNc2ccccc21. The number of fused-ring (bicyclic) bond motifs is 1. The van der Waals surface area contributed by atoms with Crippen LogP contribution in [0.15, 0.2) is 24.3 Å². The Balaban J connectivity index is 2.26. The fourth-order valence-corrected chi connectivity index (χ4v) is 1.86. The Labute approximate surface area is 83.5 Å². The van der Waals surface area contributed by atoms with Crippen molar-refractivity contribution in [1.82, 2.24) is 5.32 Å². The van der Waals surface area contributed by atoms with Gasteiger partial charge < -0.3 is 10.6 Å². The molecule has 0 saturated heterocycles. The molecule has 1 heterocycles. The van der Waals surface area contributed by atoms with Gasteiger partial charge >= 0.3 is 0 Å². The number of benzene rings is 1. The van der Waals surface area contributed by atoms with Crippen LogP contribution in [0.4, 0.5) is 5.69 Å². The fourth-order valence-electron chi connectivity index (χ4n) is 1.86. The summed E-state index contributed by atoms with van der Waals surface area (Å²) in [6, 6.07) is 8.28. The molecule has 3 heteroatoms. The standard InChI is InChI=1S/C11H14N2O/c1-8(14)13-11-6-7-12-10-5-3-2-4-9(10)11/h2-5,11-12H,6-7H2,1H3,(H,13,14). The van der Waals surface area contributed by atoms with E-state index in [1.807, 2.05) is 18.2 Å². The highest BCUT2D eigenvalue weighted by molar-refractivity contribution is 5.74. The molecule has 3 nitrogen and oxygen atoms in total. The third-order valence-corrected chi connectivity index (χ3v) is 2.46. The molecule has 0 aliphatic carbocycles. The summed E-state index contributed by atoms with van der Waals surface area (Å²) >= 11 is 0. The minimum absolute atomic E-state index is 0.0340. The van der Waals surface area contributed by atoms with Crippen molar-refractivity contribution in [3.63, 3.8) is 0 Å². The van der Waals surface area contributed by atoms with Gasteiger partial charge in [-0.05, 0) is 18.1 Å². The molecule has 14 heavy (non-hydrogen) atoms. The highest BCUT2D eigenvalue weighted by atomic mass is 16.1. The van der Waals surface area contributed by atoms with Crippen molar-refractivity contribution < 1.29 is 4.79 Å². The van der Waals surface area contributed by atoms with E-state index in [4.69, 9.17) is 0 Å². The molecule has 0 aromatic heterocycles. The van der Waals surface area contributed by atoms with E-state index in [0.29, 0.717) is 0 Å². The topological polar surface area (TPSA) is 41.1 Å². The molecule has 2 rings (SSSR count). The molecule has 0 spiro atoms. The molecule has 1 aromatic carbocycles. The molecule has 74 valence electrons. The van der Waals surface area contributed by atoms with E-state index in [2.05, 4.69) is 16.7 Å². The average Bonchev–Trinajstić information content (AvgIpc) is 2.18. The number of hydrogen-bond acceptors (Lipinski definition) is 2. The van der Waals surface area contributed by atoms with Crippen molar-refractivity contribution in [2.75, 3.05) is 11.9 Å². The van der Waals surface area contributed by atoms with E-state index >= 15 is 0 Å². The third kappa shape index (κ3) is 1.71. The van der Waals surface area contributed by atoms with Crippen LogP contribution in [0, 0.1) is 0 Å². The van der Waals surface area contributed by atoms with Crippen LogP contribution < -0.4 is 10.6 Å². The molecule has 2 N–H and O–H groups in total. The smallest absolute Gasteiger partial charge is 0.217 e. The predicted molar refractivity (Wildman–Crippen MR) is 56.1 cm³/mol. The summed E-state index contributed by atoms with van der Waals surface area (Å²) in [7, 11) is 0. The predicted octanol–water partition coefficient (Wildman–Crippen LogP) is 1.68. The normalized spacial score (nSPS) is 19.4. The Bertz CT molecular complexity index is 349. The van der Waals surface area contributed by atoms with Crippen molar-refractivity contribution in [2.24, 2.45) is 0 Å². The van der Waals surface area contributed by atoms with Crippen LogP contribution in [0.25, 0.3) is 0 Å². The van der Waals surface area contributed by atoms with Crippen molar-refractivity contribution in [2.45, 2.75) is 19.4 Å². The summed E-state index contributed by atoms with van der Waals surface area (Å²) in [6.45, 7) is 2.48. The van der Waals surface area contributed by atoms with E-state index in [1.54, 1.807) is 6.92 Å². The lowest BCUT2D eigenvalue weighted by atomic mass is 9.98. The highest BCUT2D eigenvalue weighted by Crippen LogP contribution is 2.28. The molecule has 0 radical (unpaired) electrons. The first-order valence-corrected chi connectivity index (χ1v) is 4.87. The van der Waals surface area contributed by atoms with Crippen LogP contribution in [0.1, 0.15) is 24.9 Å². The van der Waals surface area contributed by atoms with Crippen LogP contribution in [0.5, 0.6) is 0 Å². The van der Waals surface area contributed by atoms with E-state index < -0.39 is 0 Å². The molecular weight excluding hydrogens is 176 g/mol. The van der Waals surface area contributed by atoms with Gasteiger partial charge in [0.1, 0.15) is 0 Å². The third-order valence-electron chi connectivity index (χ3n) is 2.46. The zero-order valence-electron chi connectivity index (χ0n) is 8.21. The van der Waals surface area contributed by atoms with Gasteiger partial charge in [-0.3, -0.25) is 4.79 Å². The molecule has 0 bridgehead atoms. The first-order valence-electron chi connectivity index (χ1n) is 4.87. The Morgan fingerprint density at radius 1 is 1.50 bits per heavy atom. The Morgan fingerprint density at radius 3 is 3.07 bits per heavy atom. The number of amides is 1. The monoisotopic (exact) mass is 190 g/mol. The van der Waals surface area contributed by atoms with Crippen molar-refractivity contribution >= 4 is 11.6 Å². The Morgan fingerprint density at radius 2 is 2.29 bits per heavy atom. The van der Waals surface area contributed by atoms with Crippen LogP contribution in [0.3, 0.4) is 0 Å². The van der Waals surface area contributed by atoms with Gasteiger partial charge in [-0.25, -0.2) is 0 Å². The molecule has 1 atom stereocenters. The number of carbonyl (C=O) groups excluding carboxylic acids is 1. The maximum atomic E-state index is 11.0. The van der Waals surface area contributed by atoms with Gasteiger partial charge in [-0.2, -0.15) is 0 Å².